The highest BCUT2D eigenvalue weighted by Crippen LogP contribution is 2.47. The average Bonchev–Trinajstić information content (AvgIpc) is 3.04. The summed E-state index contributed by atoms with van der Waals surface area (Å²) >= 11 is 0. The Bertz CT molecular complexity index is 551. The van der Waals surface area contributed by atoms with Crippen molar-refractivity contribution < 1.29 is 4.42 Å². The zero-order valence-corrected chi connectivity index (χ0v) is 14.3. The van der Waals surface area contributed by atoms with Crippen molar-refractivity contribution in [3.05, 3.63) is 17.8 Å². The minimum atomic E-state index is -0.00151. The first-order valence-corrected chi connectivity index (χ1v) is 8.33. The molecule has 1 saturated carbocycles. The van der Waals surface area contributed by atoms with E-state index in [9.17, 15) is 0 Å². The Hall–Kier alpha value is -1.52. The van der Waals surface area contributed by atoms with Crippen LogP contribution in [0.15, 0.2) is 15.6 Å². The normalized spacial score (nSPS) is 21.3. The molecule has 0 unspecified atom stereocenters. The maximum absolute atomic E-state index is 5.83. The van der Waals surface area contributed by atoms with Crippen LogP contribution in [-0.4, -0.2) is 36.0 Å². The van der Waals surface area contributed by atoms with E-state index < -0.39 is 0 Å². The topological polar surface area (TPSA) is 53.7 Å². The number of aliphatic imine (C=N–C) groups is 1. The molecule has 3 rings (SSSR count). The van der Waals surface area contributed by atoms with Crippen LogP contribution >= 0.6 is 0 Å². The van der Waals surface area contributed by atoms with Gasteiger partial charge in [-0.15, -0.1) is 0 Å². The highest BCUT2D eigenvalue weighted by atomic mass is 16.4. The number of oxazole rings is 1. The largest absolute Gasteiger partial charge is 0.443 e. The summed E-state index contributed by atoms with van der Waals surface area (Å²) in [6.45, 7) is 9.24. The molecule has 0 atom stereocenters. The first kappa shape index (κ1) is 15.4. The quantitative estimate of drug-likeness (QED) is 0.674. The number of hydrogen-bond acceptors (Lipinski definition) is 3. The monoisotopic (exact) mass is 304 g/mol. The Balaban J connectivity index is 1.57. The van der Waals surface area contributed by atoms with Gasteiger partial charge in [0.25, 0.3) is 0 Å². The molecular weight excluding hydrogens is 276 g/mol. The Morgan fingerprint density at radius 1 is 1.41 bits per heavy atom. The first-order chi connectivity index (χ1) is 10.4. The summed E-state index contributed by atoms with van der Waals surface area (Å²) in [6, 6.07) is 0. The van der Waals surface area contributed by atoms with Gasteiger partial charge in [-0.25, -0.2) is 4.98 Å². The molecular formula is C17H28N4O. The van der Waals surface area contributed by atoms with Gasteiger partial charge >= 0.3 is 0 Å². The van der Waals surface area contributed by atoms with Gasteiger partial charge in [-0.3, -0.25) is 4.99 Å². The van der Waals surface area contributed by atoms with Crippen LogP contribution < -0.4 is 5.32 Å². The van der Waals surface area contributed by atoms with Crippen molar-refractivity contribution in [2.75, 3.05) is 20.1 Å². The van der Waals surface area contributed by atoms with E-state index in [4.69, 9.17) is 4.42 Å². The Labute approximate surface area is 133 Å². The molecule has 0 amide bonds. The van der Waals surface area contributed by atoms with E-state index in [1.165, 1.54) is 25.7 Å². The molecule has 5 heteroatoms. The second kappa shape index (κ2) is 5.60. The van der Waals surface area contributed by atoms with Crippen molar-refractivity contribution >= 4 is 5.96 Å². The number of nitrogens with one attached hydrogen (secondary N) is 1. The van der Waals surface area contributed by atoms with Crippen molar-refractivity contribution in [2.24, 2.45) is 10.4 Å². The molecule has 2 aliphatic rings. The van der Waals surface area contributed by atoms with E-state index in [1.807, 2.05) is 13.2 Å². The fourth-order valence-corrected chi connectivity index (χ4v) is 3.43. The smallest absolute Gasteiger partial charge is 0.213 e. The second-order valence-corrected chi connectivity index (χ2v) is 7.79. The number of rotatable bonds is 2. The lowest BCUT2D eigenvalue weighted by molar-refractivity contribution is 0.151. The van der Waals surface area contributed by atoms with Gasteiger partial charge in [-0.05, 0) is 24.7 Å². The van der Waals surface area contributed by atoms with Gasteiger partial charge in [0.05, 0.1) is 12.7 Å². The van der Waals surface area contributed by atoms with Crippen LogP contribution in [0.1, 0.15) is 58.1 Å². The Morgan fingerprint density at radius 3 is 2.68 bits per heavy atom. The summed E-state index contributed by atoms with van der Waals surface area (Å²) in [7, 11) is 1.85. The molecule has 1 aliphatic heterocycles. The van der Waals surface area contributed by atoms with Gasteiger partial charge in [0.15, 0.2) is 5.96 Å². The maximum Gasteiger partial charge on any atom is 0.213 e. The predicted molar refractivity (Wildman–Crippen MR) is 87.9 cm³/mol. The zero-order chi connectivity index (χ0) is 15.8. The maximum atomic E-state index is 5.83. The van der Waals surface area contributed by atoms with E-state index in [0.29, 0.717) is 12.0 Å². The van der Waals surface area contributed by atoms with E-state index in [2.05, 4.69) is 41.0 Å². The lowest BCUT2D eigenvalue weighted by atomic mass is 9.68. The third kappa shape index (κ3) is 2.99. The molecule has 0 bridgehead atoms. The van der Waals surface area contributed by atoms with Gasteiger partial charge in [0.1, 0.15) is 5.76 Å². The lowest BCUT2D eigenvalue weighted by Gasteiger charge is -2.38. The summed E-state index contributed by atoms with van der Waals surface area (Å²) in [4.78, 5) is 11.2. The van der Waals surface area contributed by atoms with Crippen molar-refractivity contribution in [1.82, 2.24) is 15.2 Å². The number of hydrogen-bond donors (Lipinski definition) is 1. The fraction of sp³-hybridized carbons (Fsp3) is 0.765. The third-order valence-corrected chi connectivity index (χ3v) is 5.05. The summed E-state index contributed by atoms with van der Waals surface area (Å²) < 4.78 is 5.83. The van der Waals surface area contributed by atoms with Gasteiger partial charge in [-0.1, -0.05) is 27.2 Å². The molecule has 122 valence electrons. The molecule has 1 spiro atoms. The summed E-state index contributed by atoms with van der Waals surface area (Å²) in [5.41, 5.74) is 0.582. The number of guanidine groups is 1. The highest BCUT2D eigenvalue weighted by molar-refractivity contribution is 5.80. The summed E-state index contributed by atoms with van der Waals surface area (Å²) in [6.07, 6.45) is 7.30. The highest BCUT2D eigenvalue weighted by Gasteiger charge is 2.43. The molecule has 0 radical (unpaired) electrons. The van der Waals surface area contributed by atoms with Gasteiger partial charge in [0, 0.05) is 25.6 Å². The Kier molecular flexibility index (Phi) is 3.91. The van der Waals surface area contributed by atoms with Crippen molar-refractivity contribution in [1.29, 1.82) is 0 Å². The first-order valence-electron chi connectivity index (χ1n) is 8.33. The lowest BCUT2D eigenvalue weighted by Crippen LogP contribution is -2.42. The van der Waals surface area contributed by atoms with Gasteiger partial charge in [-0.2, -0.15) is 0 Å². The van der Waals surface area contributed by atoms with Crippen LogP contribution in [0.2, 0.25) is 0 Å². The molecule has 1 aliphatic carbocycles. The molecule has 1 N–H and O–H groups in total. The van der Waals surface area contributed by atoms with Crippen LogP contribution in [0.25, 0.3) is 0 Å². The Morgan fingerprint density at radius 2 is 2.18 bits per heavy atom. The van der Waals surface area contributed by atoms with E-state index in [1.54, 1.807) is 0 Å². The van der Waals surface area contributed by atoms with Crippen LogP contribution in [0.4, 0.5) is 0 Å². The van der Waals surface area contributed by atoms with Crippen LogP contribution in [-0.2, 0) is 12.0 Å². The molecule has 1 aromatic heterocycles. The third-order valence-electron chi connectivity index (χ3n) is 5.05. The second-order valence-electron chi connectivity index (χ2n) is 7.79. The van der Waals surface area contributed by atoms with E-state index >= 15 is 0 Å². The van der Waals surface area contributed by atoms with E-state index in [-0.39, 0.29) is 5.41 Å². The molecule has 1 saturated heterocycles. The van der Waals surface area contributed by atoms with Gasteiger partial charge < -0.3 is 14.6 Å². The minimum Gasteiger partial charge on any atom is -0.443 e. The molecule has 2 fully saturated rings. The minimum absolute atomic E-state index is 0.00151. The van der Waals surface area contributed by atoms with Crippen LogP contribution in [0.5, 0.6) is 0 Å². The van der Waals surface area contributed by atoms with Crippen LogP contribution in [0, 0.1) is 5.41 Å². The molecule has 22 heavy (non-hydrogen) atoms. The van der Waals surface area contributed by atoms with E-state index in [0.717, 1.165) is 30.7 Å². The van der Waals surface area contributed by atoms with Gasteiger partial charge in [0.2, 0.25) is 5.89 Å². The number of nitrogens with zero attached hydrogens (tertiary/aromatic N) is 3. The number of aromatic nitrogens is 1. The standard InChI is InChI=1S/C17H28N4O/c1-16(2,3)13-10-19-14(22-13)11-20-15(18-4)21-9-8-17(12-21)6-5-7-17/h10H,5-9,11-12H2,1-4H3,(H,18,20). The average molecular weight is 304 g/mol. The SMILES string of the molecule is CN=C(NCc1ncc(C(C)(C)C)o1)N1CCC2(CCC2)C1. The van der Waals surface area contributed by atoms with Crippen molar-refractivity contribution in [3.8, 4) is 0 Å². The molecule has 1 aromatic rings. The van der Waals surface area contributed by atoms with Crippen LogP contribution in [0.3, 0.4) is 0 Å². The number of likely N-dealkylation sites (tertiary alicyclic amines) is 1. The summed E-state index contributed by atoms with van der Waals surface area (Å²) in [5, 5.41) is 3.40. The zero-order valence-electron chi connectivity index (χ0n) is 14.3. The van der Waals surface area contributed by atoms with Crippen molar-refractivity contribution in [2.45, 2.75) is 58.4 Å². The molecule has 5 nitrogen and oxygen atoms in total. The van der Waals surface area contributed by atoms with Crippen molar-refractivity contribution in [3.63, 3.8) is 0 Å². The summed E-state index contributed by atoms with van der Waals surface area (Å²) in [5.74, 6) is 2.62. The molecule has 0 aromatic carbocycles. The predicted octanol–water partition coefficient (Wildman–Crippen LogP) is 2.92. The molecule has 2 heterocycles. The fourth-order valence-electron chi connectivity index (χ4n) is 3.43.